The van der Waals surface area contributed by atoms with E-state index in [1.54, 1.807) is 24.3 Å². The van der Waals surface area contributed by atoms with E-state index >= 15 is 0 Å². The summed E-state index contributed by atoms with van der Waals surface area (Å²) < 4.78 is 5.50. The van der Waals surface area contributed by atoms with Crippen molar-refractivity contribution < 1.29 is 14.3 Å². The van der Waals surface area contributed by atoms with Gasteiger partial charge in [0, 0.05) is 30.0 Å². The molecule has 1 aliphatic rings. The Morgan fingerprint density at radius 2 is 1.57 bits per heavy atom. The summed E-state index contributed by atoms with van der Waals surface area (Å²) in [5.41, 5.74) is 6.26. The summed E-state index contributed by atoms with van der Waals surface area (Å²) in [4.78, 5) is 22.8. The molecule has 1 N–H and O–H groups in total. The van der Waals surface area contributed by atoms with Crippen LogP contribution < -0.4 is 5.32 Å². The Labute approximate surface area is 175 Å². The normalized spacial score (nSPS) is 11.6. The average Bonchev–Trinajstić information content (AvgIpc) is 3.12. The lowest BCUT2D eigenvalue weighted by atomic mass is 9.98. The predicted molar refractivity (Wildman–Crippen MR) is 116 cm³/mol. The number of benzene rings is 3. The quantitative estimate of drug-likeness (QED) is 0.384. The largest absolute Gasteiger partial charge is 0.449 e. The number of rotatable bonds is 5. The van der Waals surface area contributed by atoms with Crippen molar-refractivity contribution in [2.24, 2.45) is 0 Å². The van der Waals surface area contributed by atoms with Crippen LogP contribution in [0.5, 0.6) is 0 Å². The van der Waals surface area contributed by atoms with E-state index in [0.717, 1.165) is 11.8 Å². The van der Waals surface area contributed by atoms with E-state index in [4.69, 9.17) is 4.74 Å². The molecular formula is C26H21NO3. The zero-order chi connectivity index (χ0) is 20.8. The maximum Gasteiger partial charge on any atom is 0.407 e. The van der Waals surface area contributed by atoms with Crippen LogP contribution in [0.2, 0.25) is 0 Å². The molecule has 0 atom stereocenters. The molecule has 0 bridgehead atoms. The number of amides is 1. The molecule has 0 aliphatic heterocycles. The van der Waals surface area contributed by atoms with E-state index in [1.165, 1.54) is 22.3 Å². The number of fused-ring (bicyclic) bond motifs is 3. The van der Waals surface area contributed by atoms with Crippen molar-refractivity contribution in [2.45, 2.75) is 12.3 Å². The van der Waals surface area contributed by atoms with Gasteiger partial charge in [-0.15, -0.1) is 0 Å². The van der Waals surface area contributed by atoms with E-state index < -0.39 is 6.09 Å². The van der Waals surface area contributed by atoms with Gasteiger partial charge in [0.25, 0.3) is 0 Å². The van der Waals surface area contributed by atoms with Crippen LogP contribution in [-0.4, -0.2) is 25.5 Å². The van der Waals surface area contributed by atoms with Crippen LogP contribution in [0.3, 0.4) is 0 Å². The Kier molecular flexibility index (Phi) is 5.91. The molecule has 0 saturated carbocycles. The number of hydrogen-bond acceptors (Lipinski definition) is 3. The predicted octanol–water partition coefficient (Wildman–Crippen LogP) is 4.78. The van der Waals surface area contributed by atoms with Crippen molar-refractivity contribution in [3.8, 4) is 23.0 Å². The minimum Gasteiger partial charge on any atom is -0.449 e. The van der Waals surface area contributed by atoms with Crippen LogP contribution >= 0.6 is 0 Å². The second kappa shape index (κ2) is 9.11. The molecule has 0 radical (unpaired) electrons. The molecule has 4 nitrogen and oxygen atoms in total. The topological polar surface area (TPSA) is 55.4 Å². The second-order valence-corrected chi connectivity index (χ2v) is 7.04. The minimum absolute atomic E-state index is 0.0530. The molecule has 3 aromatic carbocycles. The first-order chi connectivity index (χ1) is 14.8. The molecule has 0 aromatic heterocycles. The van der Waals surface area contributed by atoms with Gasteiger partial charge in [0.2, 0.25) is 0 Å². The first-order valence-corrected chi connectivity index (χ1v) is 9.89. The van der Waals surface area contributed by atoms with Gasteiger partial charge in [0.1, 0.15) is 12.9 Å². The Hall–Kier alpha value is -3.84. The number of carbonyl (C=O) groups is 2. The highest BCUT2D eigenvalue weighted by molar-refractivity contribution is 5.79. The molecule has 3 aromatic rings. The number of alkyl carbamates (subject to hydrolysis) is 1. The number of ether oxygens (including phenoxy) is 1. The molecule has 0 saturated heterocycles. The fourth-order valence-corrected chi connectivity index (χ4v) is 3.69. The molecule has 1 amide bonds. The molecule has 0 fully saturated rings. The molecule has 0 unspecified atom stereocenters. The Balaban J connectivity index is 1.27. The summed E-state index contributed by atoms with van der Waals surface area (Å²) in [6.07, 6.45) is 0.879. The monoisotopic (exact) mass is 395 g/mol. The van der Waals surface area contributed by atoms with Crippen molar-refractivity contribution in [2.75, 3.05) is 13.2 Å². The van der Waals surface area contributed by atoms with Gasteiger partial charge in [0.15, 0.2) is 0 Å². The SMILES string of the molecule is O=Cc1ccc(C#CCCNC(=O)OCC2c3ccccc3-c3ccccc32)cc1. The molecule has 4 rings (SSSR count). The molecule has 0 heterocycles. The van der Waals surface area contributed by atoms with Gasteiger partial charge in [-0.3, -0.25) is 4.79 Å². The van der Waals surface area contributed by atoms with E-state index in [2.05, 4.69) is 41.4 Å². The maximum atomic E-state index is 12.1. The first-order valence-electron chi connectivity index (χ1n) is 9.89. The number of carbonyl (C=O) groups excluding carboxylic acids is 2. The van der Waals surface area contributed by atoms with Crippen LogP contribution in [0.25, 0.3) is 11.1 Å². The van der Waals surface area contributed by atoms with Gasteiger partial charge in [0.05, 0.1) is 0 Å². The highest BCUT2D eigenvalue weighted by Crippen LogP contribution is 2.44. The van der Waals surface area contributed by atoms with Crippen molar-refractivity contribution in [3.05, 3.63) is 95.1 Å². The van der Waals surface area contributed by atoms with Crippen molar-refractivity contribution in [1.29, 1.82) is 0 Å². The summed E-state index contributed by atoms with van der Waals surface area (Å²) in [6.45, 7) is 0.713. The van der Waals surface area contributed by atoms with Gasteiger partial charge in [-0.2, -0.15) is 0 Å². The van der Waals surface area contributed by atoms with E-state index in [9.17, 15) is 9.59 Å². The lowest BCUT2D eigenvalue weighted by Gasteiger charge is -2.14. The number of hydrogen-bond donors (Lipinski definition) is 1. The number of nitrogens with one attached hydrogen (secondary N) is 1. The first kappa shape index (κ1) is 19.5. The lowest BCUT2D eigenvalue weighted by molar-refractivity contribution is 0.112. The van der Waals surface area contributed by atoms with E-state index in [-0.39, 0.29) is 5.92 Å². The van der Waals surface area contributed by atoms with Crippen molar-refractivity contribution >= 4 is 12.4 Å². The third-order valence-corrected chi connectivity index (χ3v) is 5.14. The van der Waals surface area contributed by atoms with Crippen LogP contribution in [0.4, 0.5) is 4.79 Å². The Morgan fingerprint density at radius 1 is 0.933 bits per heavy atom. The van der Waals surface area contributed by atoms with E-state index in [1.807, 2.05) is 24.3 Å². The summed E-state index contributed by atoms with van der Waals surface area (Å²) in [5.74, 6) is 6.07. The van der Waals surface area contributed by atoms with Crippen LogP contribution in [0.15, 0.2) is 72.8 Å². The zero-order valence-corrected chi connectivity index (χ0v) is 16.4. The van der Waals surface area contributed by atoms with Crippen LogP contribution in [0.1, 0.15) is 39.4 Å². The third-order valence-electron chi connectivity index (χ3n) is 5.14. The van der Waals surface area contributed by atoms with Crippen molar-refractivity contribution in [1.82, 2.24) is 5.32 Å². The summed E-state index contributed by atoms with van der Waals surface area (Å²) in [5, 5.41) is 2.75. The van der Waals surface area contributed by atoms with Gasteiger partial charge < -0.3 is 10.1 Å². The molecule has 4 heteroatoms. The minimum atomic E-state index is -0.436. The Bertz CT molecular complexity index is 1080. The highest BCUT2D eigenvalue weighted by Gasteiger charge is 2.28. The van der Waals surface area contributed by atoms with Crippen molar-refractivity contribution in [3.63, 3.8) is 0 Å². The van der Waals surface area contributed by atoms with Gasteiger partial charge in [-0.25, -0.2) is 4.79 Å². The average molecular weight is 395 g/mol. The fraction of sp³-hybridized carbons (Fsp3) is 0.154. The molecule has 30 heavy (non-hydrogen) atoms. The molecular weight excluding hydrogens is 374 g/mol. The molecule has 0 spiro atoms. The number of aldehydes is 1. The summed E-state index contributed by atoms with van der Waals surface area (Å²) >= 11 is 0. The highest BCUT2D eigenvalue weighted by atomic mass is 16.5. The fourth-order valence-electron chi connectivity index (χ4n) is 3.69. The van der Waals surface area contributed by atoms with Gasteiger partial charge >= 0.3 is 6.09 Å². The summed E-state index contributed by atoms with van der Waals surface area (Å²) in [7, 11) is 0. The maximum absolute atomic E-state index is 12.1. The smallest absolute Gasteiger partial charge is 0.407 e. The Morgan fingerprint density at radius 3 is 2.20 bits per heavy atom. The van der Waals surface area contributed by atoms with Crippen LogP contribution in [0, 0.1) is 11.8 Å². The standard InChI is InChI=1S/C26H21NO3/c28-17-20-14-12-19(13-15-20)7-5-6-16-27-26(29)30-18-25-23-10-3-1-8-21(23)22-9-2-4-11-24(22)25/h1-4,8-15,17,25H,6,16,18H2,(H,27,29). The molecule has 1 aliphatic carbocycles. The summed E-state index contributed by atoms with van der Waals surface area (Å²) in [6, 6.07) is 23.6. The van der Waals surface area contributed by atoms with Gasteiger partial charge in [-0.05, 0) is 34.4 Å². The van der Waals surface area contributed by atoms with E-state index in [0.29, 0.717) is 25.1 Å². The van der Waals surface area contributed by atoms with Crippen LogP contribution in [-0.2, 0) is 4.74 Å². The molecule has 148 valence electrons. The van der Waals surface area contributed by atoms with Gasteiger partial charge in [-0.1, -0.05) is 72.5 Å². The zero-order valence-electron chi connectivity index (χ0n) is 16.4. The third kappa shape index (κ3) is 4.26. The lowest BCUT2D eigenvalue weighted by Crippen LogP contribution is -2.26. The second-order valence-electron chi connectivity index (χ2n) is 7.04.